The summed E-state index contributed by atoms with van der Waals surface area (Å²) in [5.41, 5.74) is 2.69. The second kappa shape index (κ2) is 7.90. The molecule has 0 aliphatic rings. The van der Waals surface area contributed by atoms with Crippen LogP contribution >= 0.6 is 34.4 Å². The molecule has 4 rings (SSSR count). The van der Waals surface area contributed by atoms with Crippen LogP contribution < -0.4 is 10.9 Å². The van der Waals surface area contributed by atoms with Crippen molar-refractivity contribution in [2.24, 2.45) is 7.05 Å². The minimum atomic E-state index is -0.129. The van der Waals surface area contributed by atoms with Crippen LogP contribution in [0.1, 0.15) is 5.56 Å². The normalized spacial score (nSPS) is 11.1. The van der Waals surface area contributed by atoms with Crippen LogP contribution in [0.2, 0.25) is 0 Å². The molecule has 0 aliphatic carbocycles. The fraction of sp³-hybridized carbons (Fsp3) is 0.150. The van der Waals surface area contributed by atoms with Gasteiger partial charge >= 0.3 is 0 Å². The number of benzene rings is 1. The fourth-order valence-corrected chi connectivity index (χ4v) is 5.42. The molecule has 0 saturated heterocycles. The Labute approximate surface area is 174 Å². The number of nitrogens with one attached hydrogen (secondary N) is 1. The molecule has 3 heterocycles. The Morgan fingerprint density at radius 2 is 2.11 bits per heavy atom. The maximum atomic E-state index is 12.9. The first-order valence-corrected chi connectivity index (χ1v) is 11.3. The number of anilines is 1. The molecule has 1 aromatic carbocycles. The molecule has 0 fully saturated rings. The number of carbonyl (C=O) groups excluding carboxylic acids is 1. The van der Waals surface area contributed by atoms with Gasteiger partial charge in [-0.2, -0.15) is 0 Å². The van der Waals surface area contributed by atoms with E-state index in [4.69, 9.17) is 0 Å². The highest BCUT2D eigenvalue weighted by Crippen LogP contribution is 2.34. The maximum Gasteiger partial charge on any atom is 0.263 e. The van der Waals surface area contributed by atoms with Gasteiger partial charge in [0.15, 0.2) is 5.16 Å². The first-order valence-electron chi connectivity index (χ1n) is 8.54. The Hall–Kier alpha value is -2.42. The van der Waals surface area contributed by atoms with Gasteiger partial charge in [-0.15, -0.1) is 22.7 Å². The summed E-state index contributed by atoms with van der Waals surface area (Å²) in [6.45, 7) is 1.98. The molecule has 3 aromatic heterocycles. The summed E-state index contributed by atoms with van der Waals surface area (Å²) in [6, 6.07) is 11.6. The molecule has 0 radical (unpaired) electrons. The van der Waals surface area contributed by atoms with Crippen molar-refractivity contribution in [1.29, 1.82) is 0 Å². The molecule has 4 aromatic rings. The van der Waals surface area contributed by atoms with Gasteiger partial charge in [-0.1, -0.05) is 30.0 Å². The first-order chi connectivity index (χ1) is 13.5. The van der Waals surface area contributed by atoms with E-state index < -0.39 is 0 Å². The number of carbonyl (C=O) groups is 1. The van der Waals surface area contributed by atoms with E-state index in [2.05, 4.69) is 10.3 Å². The third-order valence-electron chi connectivity index (χ3n) is 4.20. The first kappa shape index (κ1) is 18.9. The predicted octanol–water partition coefficient (Wildman–Crippen LogP) is 4.76. The van der Waals surface area contributed by atoms with E-state index in [1.165, 1.54) is 27.7 Å². The molecule has 8 heteroatoms. The molecule has 28 heavy (non-hydrogen) atoms. The lowest BCUT2D eigenvalue weighted by Crippen LogP contribution is -2.21. The third kappa shape index (κ3) is 3.76. The van der Waals surface area contributed by atoms with Crippen molar-refractivity contribution in [3.05, 3.63) is 63.1 Å². The molecule has 1 amide bonds. The van der Waals surface area contributed by atoms with Gasteiger partial charge in [-0.3, -0.25) is 14.2 Å². The third-order valence-corrected chi connectivity index (χ3v) is 7.00. The summed E-state index contributed by atoms with van der Waals surface area (Å²) < 4.78 is 1.52. The van der Waals surface area contributed by atoms with E-state index in [-0.39, 0.29) is 17.2 Å². The minimum absolute atomic E-state index is 0.0868. The summed E-state index contributed by atoms with van der Waals surface area (Å²) in [5.74, 6) is 0.0542. The summed E-state index contributed by atoms with van der Waals surface area (Å²) in [7, 11) is 1.70. The van der Waals surface area contributed by atoms with Crippen molar-refractivity contribution in [2.45, 2.75) is 12.1 Å². The van der Waals surface area contributed by atoms with Crippen molar-refractivity contribution in [3.8, 4) is 10.4 Å². The van der Waals surface area contributed by atoms with Gasteiger partial charge in [-0.05, 0) is 36.1 Å². The van der Waals surface area contributed by atoms with E-state index in [9.17, 15) is 9.59 Å². The van der Waals surface area contributed by atoms with Gasteiger partial charge in [0, 0.05) is 28.6 Å². The van der Waals surface area contributed by atoms with Crippen molar-refractivity contribution in [3.63, 3.8) is 0 Å². The molecule has 0 saturated carbocycles. The van der Waals surface area contributed by atoms with Crippen molar-refractivity contribution < 1.29 is 4.79 Å². The average molecular weight is 428 g/mol. The van der Waals surface area contributed by atoms with Crippen LogP contribution in [0.5, 0.6) is 0 Å². The fourth-order valence-electron chi connectivity index (χ4n) is 2.85. The summed E-state index contributed by atoms with van der Waals surface area (Å²) in [4.78, 5) is 31.6. The topological polar surface area (TPSA) is 64.0 Å². The number of aromatic nitrogens is 2. The van der Waals surface area contributed by atoms with Crippen LogP contribution in [-0.4, -0.2) is 21.2 Å². The van der Waals surface area contributed by atoms with Crippen LogP contribution in [-0.2, 0) is 11.8 Å². The zero-order chi connectivity index (χ0) is 19.7. The summed E-state index contributed by atoms with van der Waals surface area (Å²) >= 11 is 4.32. The number of hydrogen-bond acceptors (Lipinski definition) is 6. The molecule has 0 bridgehead atoms. The van der Waals surface area contributed by atoms with Crippen LogP contribution in [0.4, 0.5) is 5.69 Å². The Bertz CT molecular complexity index is 1210. The van der Waals surface area contributed by atoms with Gasteiger partial charge < -0.3 is 5.32 Å². The molecule has 0 unspecified atom stereocenters. The van der Waals surface area contributed by atoms with Crippen LogP contribution in [0.15, 0.2) is 57.1 Å². The van der Waals surface area contributed by atoms with Crippen molar-refractivity contribution in [2.75, 3.05) is 11.1 Å². The zero-order valence-electron chi connectivity index (χ0n) is 15.3. The highest BCUT2D eigenvalue weighted by atomic mass is 32.2. The van der Waals surface area contributed by atoms with Gasteiger partial charge in [0.25, 0.3) is 5.56 Å². The standard InChI is InChI=1S/C20H17N3O2S3/c1-12-5-3-6-13(9-12)21-16(24)11-28-20-22-18-17(19(25)23(20)2)14(10-27-18)15-7-4-8-26-15/h3-10H,11H2,1-2H3,(H,21,24). The Morgan fingerprint density at radius 1 is 1.25 bits per heavy atom. The molecule has 5 nitrogen and oxygen atoms in total. The second-order valence-electron chi connectivity index (χ2n) is 6.27. The maximum absolute atomic E-state index is 12.9. The number of thiophene rings is 2. The minimum Gasteiger partial charge on any atom is -0.325 e. The van der Waals surface area contributed by atoms with E-state index in [1.54, 1.807) is 18.4 Å². The van der Waals surface area contributed by atoms with E-state index in [1.807, 2.05) is 54.1 Å². The van der Waals surface area contributed by atoms with Crippen LogP contribution in [0, 0.1) is 6.92 Å². The molecular weight excluding hydrogens is 410 g/mol. The Balaban J connectivity index is 1.55. The number of rotatable bonds is 5. The van der Waals surface area contributed by atoms with Gasteiger partial charge in [0.05, 0.1) is 11.1 Å². The number of thioether (sulfide) groups is 1. The smallest absolute Gasteiger partial charge is 0.263 e. The van der Waals surface area contributed by atoms with Gasteiger partial charge in [0.1, 0.15) is 4.83 Å². The van der Waals surface area contributed by atoms with Gasteiger partial charge in [0.2, 0.25) is 5.91 Å². The second-order valence-corrected chi connectivity index (χ2v) is 9.02. The largest absolute Gasteiger partial charge is 0.325 e. The molecule has 0 spiro atoms. The zero-order valence-corrected chi connectivity index (χ0v) is 17.7. The lowest BCUT2D eigenvalue weighted by molar-refractivity contribution is -0.113. The number of hydrogen-bond donors (Lipinski definition) is 1. The van der Waals surface area contributed by atoms with Crippen molar-refractivity contribution >= 4 is 56.2 Å². The molecular formula is C20H17N3O2S3. The van der Waals surface area contributed by atoms with Crippen LogP contribution in [0.25, 0.3) is 20.7 Å². The number of fused-ring (bicyclic) bond motifs is 1. The van der Waals surface area contributed by atoms with E-state index in [0.717, 1.165) is 21.7 Å². The lowest BCUT2D eigenvalue weighted by atomic mass is 10.2. The highest BCUT2D eigenvalue weighted by Gasteiger charge is 2.17. The predicted molar refractivity (Wildman–Crippen MR) is 119 cm³/mol. The van der Waals surface area contributed by atoms with E-state index >= 15 is 0 Å². The van der Waals surface area contributed by atoms with E-state index in [0.29, 0.717) is 15.4 Å². The highest BCUT2D eigenvalue weighted by molar-refractivity contribution is 7.99. The van der Waals surface area contributed by atoms with Crippen molar-refractivity contribution in [1.82, 2.24) is 9.55 Å². The molecule has 0 atom stereocenters. The summed E-state index contributed by atoms with van der Waals surface area (Å²) in [5, 5.41) is 8.03. The quantitative estimate of drug-likeness (QED) is 0.368. The number of amides is 1. The van der Waals surface area contributed by atoms with Crippen LogP contribution in [0.3, 0.4) is 0 Å². The lowest BCUT2D eigenvalue weighted by Gasteiger charge is -2.08. The molecule has 142 valence electrons. The average Bonchev–Trinajstić information content (AvgIpc) is 3.33. The number of nitrogens with zero attached hydrogens (tertiary/aromatic N) is 2. The monoisotopic (exact) mass is 427 g/mol. The molecule has 1 N–H and O–H groups in total. The Morgan fingerprint density at radius 3 is 2.86 bits per heavy atom. The SMILES string of the molecule is Cc1cccc(NC(=O)CSc2nc3scc(-c4cccs4)c3c(=O)n2C)c1. The summed E-state index contributed by atoms with van der Waals surface area (Å²) in [6.07, 6.45) is 0. The Kier molecular flexibility index (Phi) is 5.34. The number of aryl methyl sites for hydroxylation is 1. The molecule has 0 aliphatic heterocycles. The van der Waals surface area contributed by atoms with Gasteiger partial charge in [-0.25, -0.2) is 4.98 Å².